The van der Waals surface area contributed by atoms with E-state index in [1.54, 1.807) is 18.3 Å². The van der Waals surface area contributed by atoms with Gasteiger partial charge < -0.3 is 10.6 Å². The monoisotopic (exact) mass is 287 g/mol. The Morgan fingerprint density at radius 1 is 1.33 bits per heavy atom. The minimum Gasteiger partial charge on any atom is -0.351 e. The Kier molecular flexibility index (Phi) is 4.32. The van der Waals surface area contributed by atoms with Crippen LogP contribution in [0.2, 0.25) is 0 Å². The number of H-pyrrole nitrogens is 1. The Morgan fingerprint density at radius 2 is 2.10 bits per heavy atom. The van der Waals surface area contributed by atoms with Gasteiger partial charge in [-0.05, 0) is 26.0 Å². The number of aromatic amines is 1. The minimum absolute atomic E-state index is 0.142. The molecular formula is C14H17N5O2. The number of pyridine rings is 1. The van der Waals surface area contributed by atoms with E-state index in [1.807, 2.05) is 13.8 Å². The van der Waals surface area contributed by atoms with E-state index in [0.29, 0.717) is 23.5 Å². The Bertz CT molecular complexity index is 658. The summed E-state index contributed by atoms with van der Waals surface area (Å²) in [5.41, 5.74) is 3.31. The number of amides is 2. The van der Waals surface area contributed by atoms with E-state index in [4.69, 9.17) is 0 Å². The van der Waals surface area contributed by atoms with Crippen LogP contribution in [0.25, 0.3) is 0 Å². The smallest absolute Gasteiger partial charge is 0.255 e. The average molecular weight is 287 g/mol. The van der Waals surface area contributed by atoms with Crippen LogP contribution in [0.15, 0.2) is 18.3 Å². The van der Waals surface area contributed by atoms with E-state index in [-0.39, 0.29) is 11.8 Å². The molecule has 110 valence electrons. The van der Waals surface area contributed by atoms with Crippen molar-refractivity contribution >= 4 is 17.5 Å². The molecule has 3 N–H and O–H groups in total. The lowest BCUT2D eigenvalue weighted by Crippen LogP contribution is -2.20. The van der Waals surface area contributed by atoms with Crippen molar-refractivity contribution in [1.29, 1.82) is 0 Å². The zero-order valence-electron chi connectivity index (χ0n) is 12.2. The van der Waals surface area contributed by atoms with Crippen molar-refractivity contribution in [2.45, 2.75) is 27.3 Å². The fraction of sp³-hybridized carbons (Fsp3) is 0.286. The second-order valence-corrected chi connectivity index (χ2v) is 4.71. The second-order valence-electron chi connectivity index (χ2n) is 4.71. The molecule has 2 aromatic heterocycles. The topological polar surface area (TPSA) is 99.8 Å². The van der Waals surface area contributed by atoms with Crippen molar-refractivity contribution in [2.24, 2.45) is 0 Å². The largest absolute Gasteiger partial charge is 0.351 e. The molecule has 0 spiro atoms. The molecular weight excluding hydrogens is 270 g/mol. The summed E-state index contributed by atoms with van der Waals surface area (Å²) >= 11 is 0. The third-order valence-electron chi connectivity index (χ3n) is 2.96. The Hall–Kier alpha value is -2.70. The lowest BCUT2D eigenvalue weighted by atomic mass is 10.2. The van der Waals surface area contributed by atoms with Crippen LogP contribution in [0.4, 0.5) is 5.69 Å². The van der Waals surface area contributed by atoms with Crippen molar-refractivity contribution in [3.8, 4) is 0 Å². The fourth-order valence-electron chi connectivity index (χ4n) is 1.85. The molecule has 0 aliphatic rings. The molecule has 7 nitrogen and oxygen atoms in total. The maximum atomic E-state index is 12.2. The SMILES string of the molecule is CC(=O)NCc1cc(C(=O)Nc2c(C)n[nH]c2C)ccn1. The summed E-state index contributed by atoms with van der Waals surface area (Å²) in [4.78, 5) is 27.2. The van der Waals surface area contributed by atoms with Gasteiger partial charge in [0.25, 0.3) is 5.91 Å². The van der Waals surface area contributed by atoms with Crippen molar-refractivity contribution in [1.82, 2.24) is 20.5 Å². The van der Waals surface area contributed by atoms with Gasteiger partial charge in [0.2, 0.25) is 5.91 Å². The third kappa shape index (κ3) is 3.65. The first-order valence-corrected chi connectivity index (χ1v) is 6.49. The number of hydrogen-bond acceptors (Lipinski definition) is 4. The van der Waals surface area contributed by atoms with Crippen molar-refractivity contribution < 1.29 is 9.59 Å². The van der Waals surface area contributed by atoms with Crippen LogP contribution >= 0.6 is 0 Å². The summed E-state index contributed by atoms with van der Waals surface area (Å²) in [5.74, 6) is -0.384. The number of nitrogens with one attached hydrogen (secondary N) is 3. The van der Waals surface area contributed by atoms with Crippen LogP contribution in [0, 0.1) is 13.8 Å². The number of carbonyl (C=O) groups excluding carboxylic acids is 2. The standard InChI is InChI=1S/C14H17N5O2/c1-8-13(9(2)19-18-8)17-14(21)11-4-5-15-12(6-11)7-16-10(3)20/h4-6H,7H2,1-3H3,(H,16,20)(H,17,21)(H,18,19). The Balaban J connectivity index is 2.12. The number of aromatic nitrogens is 3. The average Bonchev–Trinajstić information content (AvgIpc) is 2.77. The van der Waals surface area contributed by atoms with Gasteiger partial charge in [-0.15, -0.1) is 0 Å². The molecule has 0 unspecified atom stereocenters. The van der Waals surface area contributed by atoms with Crippen molar-refractivity contribution in [2.75, 3.05) is 5.32 Å². The summed E-state index contributed by atoms with van der Waals surface area (Å²) in [6.07, 6.45) is 1.54. The molecule has 0 radical (unpaired) electrons. The number of hydrogen-bond donors (Lipinski definition) is 3. The predicted molar refractivity (Wildman–Crippen MR) is 77.8 cm³/mol. The molecule has 0 fully saturated rings. The molecule has 21 heavy (non-hydrogen) atoms. The summed E-state index contributed by atoms with van der Waals surface area (Å²) in [6.45, 7) is 5.37. The van der Waals surface area contributed by atoms with E-state index in [2.05, 4.69) is 25.8 Å². The molecule has 0 aromatic carbocycles. The Morgan fingerprint density at radius 3 is 2.71 bits per heavy atom. The first kappa shape index (κ1) is 14.7. The highest BCUT2D eigenvalue weighted by Crippen LogP contribution is 2.17. The molecule has 0 aliphatic carbocycles. The molecule has 2 heterocycles. The van der Waals surface area contributed by atoms with Gasteiger partial charge in [0, 0.05) is 18.7 Å². The highest BCUT2D eigenvalue weighted by molar-refractivity contribution is 6.04. The van der Waals surface area contributed by atoms with Gasteiger partial charge in [-0.2, -0.15) is 5.10 Å². The lowest BCUT2D eigenvalue weighted by Gasteiger charge is -2.07. The third-order valence-corrected chi connectivity index (χ3v) is 2.96. The highest BCUT2D eigenvalue weighted by Gasteiger charge is 2.12. The van der Waals surface area contributed by atoms with Gasteiger partial charge >= 0.3 is 0 Å². The number of anilines is 1. The second kappa shape index (κ2) is 6.17. The fourth-order valence-corrected chi connectivity index (χ4v) is 1.85. The molecule has 0 atom stereocenters. The maximum absolute atomic E-state index is 12.2. The molecule has 2 amide bonds. The van der Waals surface area contributed by atoms with Crippen LogP contribution < -0.4 is 10.6 Å². The van der Waals surface area contributed by atoms with Crippen LogP contribution in [-0.4, -0.2) is 27.0 Å². The van der Waals surface area contributed by atoms with E-state index >= 15 is 0 Å². The van der Waals surface area contributed by atoms with Gasteiger partial charge in [0.1, 0.15) is 0 Å². The minimum atomic E-state index is -0.242. The van der Waals surface area contributed by atoms with Crippen molar-refractivity contribution in [3.63, 3.8) is 0 Å². The van der Waals surface area contributed by atoms with Gasteiger partial charge in [-0.25, -0.2) is 0 Å². The molecule has 0 saturated carbocycles. The molecule has 2 aromatic rings. The normalized spacial score (nSPS) is 10.2. The molecule has 0 bridgehead atoms. The molecule has 0 saturated heterocycles. The van der Waals surface area contributed by atoms with Crippen LogP contribution in [-0.2, 0) is 11.3 Å². The number of rotatable bonds is 4. The molecule has 2 rings (SSSR count). The number of carbonyl (C=O) groups is 2. The highest BCUT2D eigenvalue weighted by atomic mass is 16.2. The lowest BCUT2D eigenvalue weighted by molar-refractivity contribution is -0.119. The van der Waals surface area contributed by atoms with Crippen LogP contribution in [0.3, 0.4) is 0 Å². The van der Waals surface area contributed by atoms with Gasteiger partial charge in [-0.3, -0.25) is 19.7 Å². The first-order valence-electron chi connectivity index (χ1n) is 6.49. The quantitative estimate of drug-likeness (QED) is 0.789. The van der Waals surface area contributed by atoms with Crippen LogP contribution in [0.5, 0.6) is 0 Å². The van der Waals surface area contributed by atoms with Crippen LogP contribution in [0.1, 0.15) is 34.4 Å². The van der Waals surface area contributed by atoms with E-state index < -0.39 is 0 Å². The zero-order valence-corrected chi connectivity index (χ0v) is 12.2. The zero-order chi connectivity index (χ0) is 15.4. The summed E-state index contributed by atoms with van der Waals surface area (Å²) in [7, 11) is 0. The number of aryl methyl sites for hydroxylation is 2. The number of nitrogens with zero attached hydrogens (tertiary/aromatic N) is 2. The van der Waals surface area contributed by atoms with E-state index in [1.165, 1.54) is 6.92 Å². The Labute approximate surface area is 122 Å². The van der Waals surface area contributed by atoms with E-state index in [9.17, 15) is 9.59 Å². The first-order chi connectivity index (χ1) is 9.97. The summed E-state index contributed by atoms with van der Waals surface area (Å²) < 4.78 is 0. The summed E-state index contributed by atoms with van der Waals surface area (Å²) in [6, 6.07) is 3.27. The summed E-state index contributed by atoms with van der Waals surface area (Å²) in [5, 5.41) is 12.3. The molecule has 7 heteroatoms. The van der Waals surface area contributed by atoms with E-state index in [0.717, 1.165) is 11.4 Å². The maximum Gasteiger partial charge on any atom is 0.255 e. The predicted octanol–water partition coefficient (Wildman–Crippen LogP) is 1.31. The van der Waals surface area contributed by atoms with Crippen molar-refractivity contribution in [3.05, 3.63) is 41.0 Å². The van der Waals surface area contributed by atoms with Gasteiger partial charge in [0.15, 0.2) is 0 Å². The van der Waals surface area contributed by atoms with Gasteiger partial charge in [0.05, 0.1) is 29.3 Å². The van der Waals surface area contributed by atoms with Gasteiger partial charge in [-0.1, -0.05) is 0 Å². The molecule has 0 aliphatic heterocycles.